The Labute approximate surface area is 137 Å². The summed E-state index contributed by atoms with van der Waals surface area (Å²) in [7, 11) is -3.97. The third-order valence-corrected chi connectivity index (χ3v) is 5.53. The fourth-order valence-corrected chi connectivity index (χ4v) is 3.44. The van der Waals surface area contributed by atoms with E-state index < -0.39 is 32.6 Å². The number of amides is 1. The van der Waals surface area contributed by atoms with Gasteiger partial charge in [-0.2, -0.15) is 0 Å². The Morgan fingerprint density at radius 2 is 2.17 bits per heavy atom. The minimum absolute atomic E-state index is 0.00737. The minimum atomic E-state index is -3.97. The maximum atomic E-state index is 13.7. The van der Waals surface area contributed by atoms with Crippen molar-refractivity contribution in [1.82, 2.24) is 5.16 Å². The first kappa shape index (κ1) is 17.4. The van der Waals surface area contributed by atoms with Crippen LogP contribution in [0, 0.1) is 12.7 Å². The summed E-state index contributed by atoms with van der Waals surface area (Å²) in [6.07, 6.45) is 0. The number of halogens is 2. The predicted octanol–water partition coefficient (Wildman–Crippen LogP) is 2.72. The molecule has 0 aliphatic heterocycles. The average Bonchev–Trinajstić information content (AvgIpc) is 2.87. The number of hydrogen-bond acceptors (Lipinski definition) is 5. The first-order valence-electron chi connectivity index (χ1n) is 6.59. The summed E-state index contributed by atoms with van der Waals surface area (Å²) in [4.78, 5) is 12.0. The summed E-state index contributed by atoms with van der Waals surface area (Å²) in [5, 5.41) is 4.46. The van der Waals surface area contributed by atoms with Gasteiger partial charge in [-0.05, 0) is 26.0 Å². The second-order valence-electron chi connectivity index (χ2n) is 4.97. The molecule has 1 atom stereocenters. The predicted molar refractivity (Wildman–Crippen MR) is 83.4 cm³/mol. The molecular weight excluding hydrogens is 347 g/mol. The zero-order valence-electron chi connectivity index (χ0n) is 12.3. The van der Waals surface area contributed by atoms with E-state index in [0.717, 1.165) is 6.07 Å². The van der Waals surface area contributed by atoms with Gasteiger partial charge < -0.3 is 4.52 Å². The molecule has 0 aliphatic rings. The number of aryl methyl sites for hydroxylation is 1. The van der Waals surface area contributed by atoms with Crippen LogP contribution in [0.3, 0.4) is 0 Å². The topological polar surface area (TPSA) is 89.3 Å². The normalized spacial score (nSPS) is 12.9. The molecular formula is C14H14ClFN2O4S. The minimum Gasteiger partial charge on any atom is -0.338 e. The molecule has 9 heteroatoms. The van der Waals surface area contributed by atoms with Crippen molar-refractivity contribution in [3.8, 4) is 0 Å². The fraction of sp³-hybridized carbons (Fsp3) is 0.286. The molecule has 1 aromatic carbocycles. The van der Waals surface area contributed by atoms with Gasteiger partial charge in [0, 0.05) is 16.7 Å². The van der Waals surface area contributed by atoms with Crippen molar-refractivity contribution in [2.75, 3.05) is 5.32 Å². The van der Waals surface area contributed by atoms with Gasteiger partial charge >= 0.3 is 0 Å². The number of hydrogen-bond donors (Lipinski definition) is 1. The maximum absolute atomic E-state index is 13.7. The van der Waals surface area contributed by atoms with Crippen LogP contribution in [0.15, 0.2) is 28.8 Å². The molecule has 1 aromatic heterocycles. The summed E-state index contributed by atoms with van der Waals surface area (Å²) in [6, 6.07) is 5.32. The lowest BCUT2D eigenvalue weighted by molar-refractivity contribution is -0.115. The molecule has 0 radical (unpaired) electrons. The molecule has 0 saturated heterocycles. The van der Waals surface area contributed by atoms with E-state index in [1.165, 1.54) is 25.1 Å². The van der Waals surface area contributed by atoms with Crippen molar-refractivity contribution in [2.45, 2.75) is 24.9 Å². The summed E-state index contributed by atoms with van der Waals surface area (Å²) in [5.41, 5.74) is 0.373. The second kappa shape index (κ2) is 6.67. The highest BCUT2D eigenvalue weighted by Gasteiger charge is 2.30. The molecule has 2 aromatic rings. The van der Waals surface area contributed by atoms with Crippen LogP contribution in [0.2, 0.25) is 5.02 Å². The van der Waals surface area contributed by atoms with Crippen molar-refractivity contribution in [3.63, 3.8) is 0 Å². The van der Waals surface area contributed by atoms with Gasteiger partial charge in [-0.15, -0.1) is 0 Å². The van der Waals surface area contributed by atoms with Gasteiger partial charge in [0.1, 0.15) is 11.1 Å². The van der Waals surface area contributed by atoms with E-state index in [2.05, 4.69) is 10.5 Å². The Hall–Kier alpha value is -1.93. The summed E-state index contributed by atoms with van der Waals surface area (Å²) >= 11 is 5.82. The Bertz CT molecular complexity index is 815. The monoisotopic (exact) mass is 360 g/mol. The third kappa shape index (κ3) is 4.08. The van der Waals surface area contributed by atoms with E-state index in [-0.39, 0.29) is 16.5 Å². The number of rotatable bonds is 5. The van der Waals surface area contributed by atoms with Crippen LogP contribution in [-0.4, -0.2) is 24.7 Å². The Balaban J connectivity index is 2.16. The third-order valence-electron chi connectivity index (χ3n) is 3.19. The molecule has 23 heavy (non-hydrogen) atoms. The number of anilines is 1. The number of carbonyl (C=O) groups excluding carboxylic acids is 1. The van der Waals surface area contributed by atoms with Crippen molar-refractivity contribution in [1.29, 1.82) is 0 Å². The number of carbonyl (C=O) groups is 1. The largest absolute Gasteiger partial charge is 0.338 e. The lowest BCUT2D eigenvalue weighted by Gasteiger charge is -2.13. The quantitative estimate of drug-likeness (QED) is 0.885. The van der Waals surface area contributed by atoms with Gasteiger partial charge in [0.25, 0.3) is 0 Å². The van der Waals surface area contributed by atoms with Crippen LogP contribution in [0.1, 0.15) is 18.2 Å². The number of aromatic nitrogens is 1. The van der Waals surface area contributed by atoms with E-state index in [1.54, 1.807) is 6.92 Å². The number of nitrogens with one attached hydrogen (secondary N) is 1. The zero-order valence-corrected chi connectivity index (χ0v) is 13.9. The van der Waals surface area contributed by atoms with E-state index in [1.807, 2.05) is 0 Å². The molecule has 0 saturated carbocycles. The first-order chi connectivity index (χ1) is 10.7. The Morgan fingerprint density at radius 3 is 2.74 bits per heavy atom. The summed E-state index contributed by atoms with van der Waals surface area (Å²) < 4.78 is 43.1. The highest BCUT2D eigenvalue weighted by molar-refractivity contribution is 7.92. The van der Waals surface area contributed by atoms with Crippen molar-refractivity contribution < 1.29 is 22.1 Å². The molecule has 124 valence electrons. The SMILES string of the molecule is Cc1cc(NC(=O)[C@@H](C)S(=O)(=O)Cc2c(F)cccc2Cl)on1. The number of sulfone groups is 1. The molecule has 6 nitrogen and oxygen atoms in total. The van der Waals surface area contributed by atoms with E-state index in [4.69, 9.17) is 16.1 Å². The first-order valence-corrected chi connectivity index (χ1v) is 8.68. The van der Waals surface area contributed by atoms with Crippen LogP contribution in [0.5, 0.6) is 0 Å². The molecule has 0 spiro atoms. The van der Waals surface area contributed by atoms with E-state index in [9.17, 15) is 17.6 Å². The standard InChI is InChI=1S/C14H14ClFN2O4S/c1-8-6-13(22-18-8)17-14(19)9(2)23(20,21)7-10-11(15)4-3-5-12(10)16/h3-6,9H,7H2,1-2H3,(H,17,19)/t9-/m1/s1. The smallest absolute Gasteiger partial charge is 0.244 e. The van der Waals surface area contributed by atoms with Gasteiger partial charge in [-0.25, -0.2) is 12.8 Å². The van der Waals surface area contributed by atoms with Crippen LogP contribution in [0.25, 0.3) is 0 Å². The van der Waals surface area contributed by atoms with Crippen LogP contribution < -0.4 is 5.32 Å². The molecule has 2 rings (SSSR count). The van der Waals surface area contributed by atoms with Crippen molar-refractivity contribution in [3.05, 3.63) is 46.4 Å². The average molecular weight is 361 g/mol. The molecule has 1 heterocycles. The van der Waals surface area contributed by atoms with Gasteiger partial charge in [0.2, 0.25) is 11.8 Å². The lowest BCUT2D eigenvalue weighted by Crippen LogP contribution is -2.33. The van der Waals surface area contributed by atoms with Gasteiger partial charge in [-0.3, -0.25) is 10.1 Å². The Morgan fingerprint density at radius 1 is 1.48 bits per heavy atom. The van der Waals surface area contributed by atoms with Crippen molar-refractivity contribution >= 4 is 33.2 Å². The van der Waals surface area contributed by atoms with Crippen LogP contribution >= 0.6 is 11.6 Å². The molecule has 0 fully saturated rings. The zero-order chi connectivity index (χ0) is 17.2. The molecule has 0 unspecified atom stereocenters. The van der Waals surface area contributed by atoms with Gasteiger partial charge in [0.05, 0.1) is 11.4 Å². The molecule has 0 bridgehead atoms. The van der Waals surface area contributed by atoms with E-state index in [0.29, 0.717) is 5.69 Å². The van der Waals surface area contributed by atoms with Gasteiger partial charge in [0.15, 0.2) is 9.84 Å². The Kier molecular flexibility index (Phi) is 5.06. The summed E-state index contributed by atoms with van der Waals surface area (Å²) in [5.74, 6) is -2.17. The number of benzene rings is 1. The molecule has 1 N–H and O–H groups in total. The highest BCUT2D eigenvalue weighted by atomic mass is 35.5. The molecule has 1 amide bonds. The lowest BCUT2D eigenvalue weighted by atomic mass is 10.2. The fourth-order valence-electron chi connectivity index (χ4n) is 1.81. The van der Waals surface area contributed by atoms with Crippen LogP contribution in [-0.2, 0) is 20.4 Å². The number of nitrogens with zero attached hydrogens (tertiary/aromatic N) is 1. The molecule has 0 aliphatic carbocycles. The maximum Gasteiger partial charge on any atom is 0.244 e. The summed E-state index contributed by atoms with van der Waals surface area (Å²) in [6.45, 7) is 2.86. The van der Waals surface area contributed by atoms with Crippen LogP contribution in [0.4, 0.5) is 10.3 Å². The highest BCUT2D eigenvalue weighted by Crippen LogP contribution is 2.23. The second-order valence-corrected chi connectivity index (χ2v) is 7.70. The van der Waals surface area contributed by atoms with Gasteiger partial charge in [-0.1, -0.05) is 22.8 Å². The van der Waals surface area contributed by atoms with Crippen molar-refractivity contribution in [2.24, 2.45) is 0 Å². The van der Waals surface area contributed by atoms with E-state index >= 15 is 0 Å².